The van der Waals surface area contributed by atoms with E-state index in [2.05, 4.69) is 20.9 Å². The molecule has 1 aromatic carbocycles. The van der Waals surface area contributed by atoms with Crippen LogP contribution >= 0.6 is 15.9 Å². The molecule has 90 valence electrons. The average Bonchev–Trinajstić information content (AvgIpc) is 2.58. The van der Waals surface area contributed by atoms with Gasteiger partial charge in [-0.3, -0.25) is 0 Å². The van der Waals surface area contributed by atoms with E-state index < -0.39 is 17.7 Å². The first-order chi connectivity index (χ1) is 7.79. The van der Waals surface area contributed by atoms with Crippen LogP contribution in [-0.4, -0.2) is 16.1 Å². The molecule has 1 aromatic heterocycles. The molecular weight excluding hydrogens is 303 g/mol. The first-order valence-corrected chi connectivity index (χ1v) is 5.21. The molecule has 2 aromatic rings. The molecule has 0 atom stereocenters. The maximum atomic E-state index is 12.7. The Kier molecular flexibility index (Phi) is 2.65. The minimum Gasteiger partial charge on any atom is -0.477 e. The van der Waals surface area contributed by atoms with E-state index in [-0.39, 0.29) is 21.1 Å². The SMILES string of the molecule is O=C(O)c1cc2c(C(F)(F)F)cc(Br)cc2[nH]1. The van der Waals surface area contributed by atoms with E-state index >= 15 is 0 Å². The number of H-pyrrole nitrogens is 1. The molecule has 0 aliphatic rings. The van der Waals surface area contributed by atoms with Crippen molar-refractivity contribution >= 4 is 32.8 Å². The van der Waals surface area contributed by atoms with Gasteiger partial charge in [0, 0.05) is 15.4 Å². The van der Waals surface area contributed by atoms with E-state index in [0.717, 1.165) is 12.1 Å². The Morgan fingerprint density at radius 1 is 1.29 bits per heavy atom. The lowest BCUT2D eigenvalue weighted by molar-refractivity contribution is -0.136. The zero-order chi connectivity index (χ0) is 12.8. The van der Waals surface area contributed by atoms with Crippen LogP contribution in [0.2, 0.25) is 0 Å². The summed E-state index contributed by atoms with van der Waals surface area (Å²) >= 11 is 2.95. The number of carbonyl (C=O) groups is 1. The molecule has 0 fully saturated rings. The molecule has 0 spiro atoms. The van der Waals surface area contributed by atoms with Gasteiger partial charge in [0.05, 0.1) is 5.56 Å². The number of fused-ring (bicyclic) bond motifs is 1. The highest BCUT2D eigenvalue weighted by molar-refractivity contribution is 9.10. The topological polar surface area (TPSA) is 53.1 Å². The highest BCUT2D eigenvalue weighted by atomic mass is 79.9. The van der Waals surface area contributed by atoms with Crippen molar-refractivity contribution in [2.75, 3.05) is 0 Å². The van der Waals surface area contributed by atoms with Gasteiger partial charge >= 0.3 is 12.1 Å². The number of benzene rings is 1. The number of rotatable bonds is 1. The molecule has 3 nitrogen and oxygen atoms in total. The van der Waals surface area contributed by atoms with Crippen LogP contribution in [0.15, 0.2) is 22.7 Å². The van der Waals surface area contributed by atoms with Gasteiger partial charge in [-0.15, -0.1) is 0 Å². The number of aromatic carboxylic acids is 1. The van der Waals surface area contributed by atoms with Gasteiger partial charge in [-0.25, -0.2) is 4.79 Å². The second-order valence-electron chi connectivity index (χ2n) is 3.40. The van der Waals surface area contributed by atoms with Crippen LogP contribution in [0.25, 0.3) is 10.9 Å². The molecule has 0 amide bonds. The predicted molar refractivity (Wildman–Crippen MR) is 58.0 cm³/mol. The quantitative estimate of drug-likeness (QED) is 0.845. The lowest BCUT2D eigenvalue weighted by atomic mass is 10.1. The third kappa shape index (κ3) is 2.14. The minimum atomic E-state index is -4.53. The van der Waals surface area contributed by atoms with Gasteiger partial charge in [0.2, 0.25) is 0 Å². The molecule has 7 heteroatoms. The largest absolute Gasteiger partial charge is 0.477 e. The summed E-state index contributed by atoms with van der Waals surface area (Å²) in [5.74, 6) is -1.30. The normalized spacial score (nSPS) is 12.0. The van der Waals surface area contributed by atoms with E-state index in [4.69, 9.17) is 5.11 Å². The van der Waals surface area contributed by atoms with Crippen molar-refractivity contribution in [1.82, 2.24) is 4.98 Å². The number of carboxylic acids is 1. The van der Waals surface area contributed by atoms with Gasteiger partial charge in [-0.05, 0) is 18.2 Å². The Balaban J connectivity index is 2.79. The highest BCUT2D eigenvalue weighted by Gasteiger charge is 2.33. The number of hydrogen-bond donors (Lipinski definition) is 2. The van der Waals surface area contributed by atoms with Gasteiger partial charge in [-0.1, -0.05) is 15.9 Å². The third-order valence-electron chi connectivity index (χ3n) is 2.24. The predicted octanol–water partition coefficient (Wildman–Crippen LogP) is 3.65. The Labute approximate surface area is 101 Å². The number of aromatic amines is 1. The van der Waals surface area contributed by atoms with Crippen molar-refractivity contribution < 1.29 is 23.1 Å². The number of hydrogen-bond acceptors (Lipinski definition) is 1. The monoisotopic (exact) mass is 307 g/mol. The van der Waals surface area contributed by atoms with Crippen LogP contribution in [0.1, 0.15) is 16.1 Å². The summed E-state index contributed by atoms with van der Waals surface area (Å²) in [6, 6.07) is 3.30. The van der Waals surface area contributed by atoms with Crippen LogP contribution in [0.3, 0.4) is 0 Å². The molecular formula is C10H5BrF3NO2. The summed E-state index contributed by atoms with van der Waals surface area (Å²) in [7, 11) is 0. The highest BCUT2D eigenvalue weighted by Crippen LogP contribution is 2.37. The second kappa shape index (κ2) is 3.76. The summed E-state index contributed by atoms with van der Waals surface area (Å²) in [4.78, 5) is 13.1. The van der Waals surface area contributed by atoms with Crippen molar-refractivity contribution in [3.63, 3.8) is 0 Å². The summed E-state index contributed by atoms with van der Waals surface area (Å²) in [5.41, 5.74) is -1.02. The fraction of sp³-hybridized carbons (Fsp3) is 0.100. The lowest BCUT2D eigenvalue weighted by Gasteiger charge is -2.08. The molecule has 0 aliphatic heterocycles. The Morgan fingerprint density at radius 3 is 2.47 bits per heavy atom. The Hall–Kier alpha value is -1.50. The number of halogens is 4. The zero-order valence-corrected chi connectivity index (χ0v) is 9.69. The lowest BCUT2D eigenvalue weighted by Crippen LogP contribution is -2.05. The van der Waals surface area contributed by atoms with Crippen molar-refractivity contribution in [2.45, 2.75) is 6.18 Å². The summed E-state index contributed by atoms with van der Waals surface area (Å²) in [6.07, 6.45) is -4.53. The minimum absolute atomic E-state index is 0.129. The average molecular weight is 308 g/mol. The summed E-state index contributed by atoms with van der Waals surface area (Å²) in [6.45, 7) is 0. The van der Waals surface area contributed by atoms with E-state index in [1.807, 2.05) is 0 Å². The maximum absolute atomic E-state index is 12.7. The molecule has 1 heterocycles. The van der Waals surface area contributed by atoms with E-state index in [9.17, 15) is 18.0 Å². The summed E-state index contributed by atoms with van der Waals surface area (Å²) in [5, 5.41) is 8.57. The standard InChI is InChI=1S/C10H5BrF3NO2/c11-4-1-6(10(12,13)14)5-3-8(9(16)17)15-7(5)2-4/h1-3,15H,(H,16,17). The van der Waals surface area contributed by atoms with Gasteiger partial charge in [0.25, 0.3) is 0 Å². The van der Waals surface area contributed by atoms with Crippen molar-refractivity contribution in [3.8, 4) is 0 Å². The number of aromatic nitrogens is 1. The van der Waals surface area contributed by atoms with Crippen LogP contribution in [0.5, 0.6) is 0 Å². The number of nitrogens with one attached hydrogen (secondary N) is 1. The molecule has 0 saturated carbocycles. The van der Waals surface area contributed by atoms with E-state index in [0.29, 0.717) is 0 Å². The Morgan fingerprint density at radius 2 is 1.94 bits per heavy atom. The zero-order valence-electron chi connectivity index (χ0n) is 8.10. The molecule has 0 bridgehead atoms. The summed E-state index contributed by atoms with van der Waals surface area (Å²) < 4.78 is 38.4. The molecule has 2 N–H and O–H groups in total. The Bertz CT molecular complexity index is 603. The molecule has 17 heavy (non-hydrogen) atoms. The maximum Gasteiger partial charge on any atom is 0.417 e. The fourth-order valence-corrected chi connectivity index (χ4v) is 2.01. The van der Waals surface area contributed by atoms with E-state index in [1.165, 1.54) is 6.07 Å². The van der Waals surface area contributed by atoms with Crippen LogP contribution in [0.4, 0.5) is 13.2 Å². The van der Waals surface area contributed by atoms with Crippen LogP contribution < -0.4 is 0 Å². The van der Waals surface area contributed by atoms with Gasteiger partial charge in [0.1, 0.15) is 5.69 Å². The molecule has 2 rings (SSSR count). The second-order valence-corrected chi connectivity index (χ2v) is 4.32. The smallest absolute Gasteiger partial charge is 0.417 e. The van der Waals surface area contributed by atoms with Crippen LogP contribution in [0, 0.1) is 0 Å². The van der Waals surface area contributed by atoms with Crippen LogP contribution in [-0.2, 0) is 6.18 Å². The van der Waals surface area contributed by atoms with Crippen molar-refractivity contribution in [3.05, 3.63) is 33.9 Å². The molecule has 0 aliphatic carbocycles. The first-order valence-electron chi connectivity index (χ1n) is 4.42. The fourth-order valence-electron chi connectivity index (χ4n) is 1.55. The van der Waals surface area contributed by atoms with Crippen molar-refractivity contribution in [2.24, 2.45) is 0 Å². The number of alkyl halides is 3. The molecule has 0 unspecified atom stereocenters. The molecule has 0 radical (unpaired) electrons. The number of carboxylic acid groups (broad SMARTS) is 1. The van der Waals surface area contributed by atoms with Gasteiger partial charge < -0.3 is 10.1 Å². The van der Waals surface area contributed by atoms with E-state index in [1.54, 1.807) is 0 Å². The molecule has 0 saturated heterocycles. The third-order valence-corrected chi connectivity index (χ3v) is 2.70. The van der Waals surface area contributed by atoms with Gasteiger partial charge in [-0.2, -0.15) is 13.2 Å². The van der Waals surface area contributed by atoms with Gasteiger partial charge in [0.15, 0.2) is 0 Å². The van der Waals surface area contributed by atoms with Crippen molar-refractivity contribution in [1.29, 1.82) is 0 Å². The first kappa shape index (κ1) is 12.0.